The van der Waals surface area contributed by atoms with Gasteiger partial charge in [0.1, 0.15) is 5.75 Å². The van der Waals surface area contributed by atoms with Crippen molar-refractivity contribution >= 4 is 0 Å². The first-order valence-corrected chi connectivity index (χ1v) is 5.45. The summed E-state index contributed by atoms with van der Waals surface area (Å²) in [4.78, 5) is 0. The van der Waals surface area contributed by atoms with Gasteiger partial charge in [0.15, 0.2) is 0 Å². The van der Waals surface area contributed by atoms with Gasteiger partial charge in [-0.1, -0.05) is 32.0 Å². The molecule has 1 atom stereocenters. The number of aliphatic hydroxyl groups is 1. The minimum Gasteiger partial charge on any atom is -0.493 e. The number of aliphatic hydroxyl groups excluding tert-OH is 1. The highest BCUT2D eigenvalue weighted by Gasteiger charge is 2.29. The molecule has 15 heavy (non-hydrogen) atoms. The van der Waals surface area contributed by atoms with E-state index >= 15 is 0 Å². The first kappa shape index (κ1) is 10.5. The van der Waals surface area contributed by atoms with E-state index in [0.29, 0.717) is 5.92 Å². The van der Waals surface area contributed by atoms with Crippen LogP contribution in [-0.2, 0) is 0 Å². The summed E-state index contributed by atoms with van der Waals surface area (Å²) in [5.41, 5.74) is 1.27. The zero-order chi connectivity index (χ0) is 10.9. The Morgan fingerprint density at radius 2 is 2.13 bits per heavy atom. The van der Waals surface area contributed by atoms with Gasteiger partial charge in [0, 0.05) is 18.1 Å². The molecule has 1 N–H and O–H groups in total. The summed E-state index contributed by atoms with van der Waals surface area (Å²) in [6.07, 6.45) is 0.973. The molecule has 0 bridgehead atoms. The van der Waals surface area contributed by atoms with E-state index in [9.17, 15) is 5.11 Å². The second kappa shape index (κ2) is 3.86. The average molecular weight is 206 g/mol. The van der Waals surface area contributed by atoms with E-state index in [4.69, 9.17) is 4.74 Å². The van der Waals surface area contributed by atoms with Crippen molar-refractivity contribution in [2.45, 2.75) is 26.2 Å². The molecule has 82 valence electrons. The smallest absolute Gasteiger partial charge is 0.122 e. The largest absolute Gasteiger partial charge is 0.493 e. The first-order chi connectivity index (χ1) is 7.12. The van der Waals surface area contributed by atoms with Crippen LogP contribution in [0.15, 0.2) is 24.3 Å². The molecule has 1 aromatic carbocycles. The summed E-state index contributed by atoms with van der Waals surface area (Å²) in [6, 6.07) is 8.19. The zero-order valence-electron chi connectivity index (χ0n) is 9.36. The monoisotopic (exact) mass is 206 g/mol. The fraction of sp³-hybridized carbons (Fsp3) is 0.538. The molecular formula is C13H18O2. The lowest BCUT2D eigenvalue weighted by molar-refractivity contribution is 0.137. The van der Waals surface area contributed by atoms with Crippen molar-refractivity contribution in [3.63, 3.8) is 0 Å². The number of para-hydroxylation sites is 1. The van der Waals surface area contributed by atoms with E-state index < -0.39 is 0 Å². The minimum absolute atomic E-state index is 0.0223. The Morgan fingerprint density at radius 3 is 2.87 bits per heavy atom. The van der Waals surface area contributed by atoms with Gasteiger partial charge in [-0.15, -0.1) is 0 Å². The Morgan fingerprint density at radius 1 is 1.40 bits per heavy atom. The topological polar surface area (TPSA) is 29.5 Å². The SMILES string of the molecule is CC(C)(CO)CC1COc2ccccc21. The molecule has 0 saturated heterocycles. The summed E-state index contributed by atoms with van der Waals surface area (Å²) in [7, 11) is 0. The lowest BCUT2D eigenvalue weighted by Gasteiger charge is -2.24. The molecule has 0 amide bonds. The fourth-order valence-corrected chi connectivity index (χ4v) is 2.13. The summed E-state index contributed by atoms with van der Waals surface area (Å²) < 4.78 is 5.62. The number of fused-ring (bicyclic) bond motifs is 1. The molecule has 0 aromatic heterocycles. The van der Waals surface area contributed by atoms with Gasteiger partial charge in [-0.3, -0.25) is 0 Å². The molecule has 0 radical (unpaired) electrons. The molecule has 0 spiro atoms. The molecule has 1 aliphatic heterocycles. The summed E-state index contributed by atoms with van der Waals surface area (Å²) in [5.74, 6) is 1.44. The Balaban J connectivity index is 2.14. The third-order valence-corrected chi connectivity index (χ3v) is 3.03. The normalized spacial score (nSPS) is 19.8. The Kier molecular flexibility index (Phi) is 2.70. The molecule has 1 heterocycles. The number of hydrogen-bond acceptors (Lipinski definition) is 2. The lowest BCUT2D eigenvalue weighted by Crippen LogP contribution is -2.20. The highest BCUT2D eigenvalue weighted by molar-refractivity contribution is 5.39. The predicted octanol–water partition coefficient (Wildman–Crippen LogP) is 2.57. The summed E-state index contributed by atoms with van der Waals surface area (Å²) >= 11 is 0. The molecule has 0 fully saturated rings. The molecular weight excluding hydrogens is 188 g/mol. The third kappa shape index (κ3) is 2.15. The van der Waals surface area contributed by atoms with Crippen LogP contribution >= 0.6 is 0 Å². The van der Waals surface area contributed by atoms with Crippen molar-refractivity contribution in [1.82, 2.24) is 0 Å². The van der Waals surface area contributed by atoms with Crippen LogP contribution in [0.3, 0.4) is 0 Å². The van der Waals surface area contributed by atoms with Crippen LogP contribution in [0, 0.1) is 5.41 Å². The van der Waals surface area contributed by atoms with Crippen LogP contribution in [0.1, 0.15) is 31.7 Å². The maximum atomic E-state index is 9.26. The van der Waals surface area contributed by atoms with Gasteiger partial charge in [0.2, 0.25) is 0 Å². The summed E-state index contributed by atoms with van der Waals surface area (Å²) in [6.45, 7) is 5.16. The van der Waals surface area contributed by atoms with E-state index in [-0.39, 0.29) is 12.0 Å². The molecule has 0 aliphatic carbocycles. The number of ether oxygens (including phenoxy) is 1. The number of benzene rings is 1. The van der Waals surface area contributed by atoms with Gasteiger partial charge in [-0.2, -0.15) is 0 Å². The molecule has 2 heteroatoms. The van der Waals surface area contributed by atoms with E-state index in [1.54, 1.807) is 0 Å². The quantitative estimate of drug-likeness (QED) is 0.823. The van der Waals surface area contributed by atoms with Crippen molar-refractivity contribution in [3.05, 3.63) is 29.8 Å². The van der Waals surface area contributed by atoms with Gasteiger partial charge in [0.25, 0.3) is 0 Å². The minimum atomic E-state index is -0.0223. The van der Waals surface area contributed by atoms with Crippen molar-refractivity contribution in [1.29, 1.82) is 0 Å². The maximum Gasteiger partial charge on any atom is 0.122 e. The standard InChI is InChI=1S/C13H18O2/c1-13(2,9-14)7-10-8-15-12-6-4-3-5-11(10)12/h3-6,10,14H,7-9H2,1-2H3. The maximum absolute atomic E-state index is 9.26. The van der Waals surface area contributed by atoms with Crippen LogP contribution < -0.4 is 4.74 Å². The van der Waals surface area contributed by atoms with Crippen LogP contribution in [0.4, 0.5) is 0 Å². The average Bonchev–Trinajstić information content (AvgIpc) is 2.62. The molecule has 1 aromatic rings. The van der Waals surface area contributed by atoms with Crippen molar-refractivity contribution < 1.29 is 9.84 Å². The fourth-order valence-electron chi connectivity index (χ4n) is 2.13. The third-order valence-electron chi connectivity index (χ3n) is 3.03. The van der Waals surface area contributed by atoms with Gasteiger partial charge >= 0.3 is 0 Å². The van der Waals surface area contributed by atoms with E-state index in [0.717, 1.165) is 18.8 Å². The second-order valence-corrected chi connectivity index (χ2v) is 5.07. The Hall–Kier alpha value is -1.02. The Labute approximate surface area is 90.9 Å². The molecule has 1 aliphatic rings. The van der Waals surface area contributed by atoms with Crippen molar-refractivity contribution in [2.75, 3.05) is 13.2 Å². The second-order valence-electron chi connectivity index (χ2n) is 5.07. The molecule has 2 rings (SSSR count). The summed E-state index contributed by atoms with van der Waals surface area (Å²) in [5, 5.41) is 9.26. The van der Waals surface area contributed by atoms with Crippen LogP contribution in [0.25, 0.3) is 0 Å². The van der Waals surface area contributed by atoms with Crippen molar-refractivity contribution in [3.8, 4) is 5.75 Å². The van der Waals surface area contributed by atoms with Gasteiger partial charge in [-0.25, -0.2) is 0 Å². The van der Waals surface area contributed by atoms with Gasteiger partial charge in [0.05, 0.1) is 6.61 Å². The van der Waals surface area contributed by atoms with Crippen LogP contribution in [-0.4, -0.2) is 18.3 Å². The van der Waals surface area contributed by atoms with Crippen molar-refractivity contribution in [2.24, 2.45) is 5.41 Å². The van der Waals surface area contributed by atoms with E-state index in [1.807, 2.05) is 18.2 Å². The highest BCUT2D eigenvalue weighted by atomic mass is 16.5. The molecule has 2 nitrogen and oxygen atoms in total. The van der Waals surface area contributed by atoms with E-state index in [2.05, 4.69) is 19.9 Å². The van der Waals surface area contributed by atoms with Gasteiger partial charge in [-0.05, 0) is 17.9 Å². The first-order valence-electron chi connectivity index (χ1n) is 5.45. The van der Waals surface area contributed by atoms with Crippen LogP contribution in [0.5, 0.6) is 5.75 Å². The van der Waals surface area contributed by atoms with Gasteiger partial charge < -0.3 is 9.84 Å². The zero-order valence-corrected chi connectivity index (χ0v) is 9.36. The number of rotatable bonds is 3. The predicted molar refractivity (Wildman–Crippen MR) is 60.2 cm³/mol. The van der Waals surface area contributed by atoms with E-state index in [1.165, 1.54) is 5.56 Å². The molecule has 1 unspecified atom stereocenters. The highest BCUT2D eigenvalue weighted by Crippen LogP contribution is 2.40. The number of hydrogen-bond donors (Lipinski definition) is 1. The molecule has 0 saturated carbocycles. The lowest BCUT2D eigenvalue weighted by atomic mass is 9.81. The Bertz CT molecular complexity index is 344. The van der Waals surface area contributed by atoms with Crippen LogP contribution in [0.2, 0.25) is 0 Å².